The van der Waals surface area contributed by atoms with Crippen LogP contribution in [-0.4, -0.2) is 23.3 Å². The second kappa shape index (κ2) is 6.27. The molecule has 0 saturated carbocycles. The maximum Gasteiger partial charge on any atom is 0.112 e. The van der Waals surface area contributed by atoms with E-state index in [1.807, 2.05) is 12.1 Å². The largest absolute Gasteiger partial charge is 0.399 e. The van der Waals surface area contributed by atoms with Crippen LogP contribution in [0.1, 0.15) is 51.4 Å². The maximum absolute atomic E-state index is 5.88. The topological polar surface area (TPSA) is 53.1 Å². The van der Waals surface area contributed by atoms with Crippen molar-refractivity contribution in [3.8, 4) is 0 Å². The standard InChI is InChI=1S/C16H25N3O/c1-5-6-13(10-20-4)19-15-8-7-12(17)9-14(15)18-16(19)11(2)3/h7-9,11,13H,5-6,10,17H2,1-4H3. The van der Waals surface area contributed by atoms with E-state index in [-0.39, 0.29) is 0 Å². The molecule has 0 amide bonds. The lowest BCUT2D eigenvalue weighted by Crippen LogP contribution is -2.18. The lowest BCUT2D eigenvalue weighted by Gasteiger charge is -2.22. The van der Waals surface area contributed by atoms with Crippen LogP contribution >= 0.6 is 0 Å². The average molecular weight is 275 g/mol. The van der Waals surface area contributed by atoms with Gasteiger partial charge in [0.05, 0.1) is 23.7 Å². The smallest absolute Gasteiger partial charge is 0.112 e. The highest BCUT2D eigenvalue weighted by molar-refractivity contribution is 5.80. The predicted octanol–water partition coefficient (Wildman–Crippen LogP) is 3.73. The number of aromatic nitrogens is 2. The highest BCUT2D eigenvalue weighted by atomic mass is 16.5. The van der Waals surface area contributed by atoms with Gasteiger partial charge in [-0.1, -0.05) is 27.2 Å². The Balaban J connectivity index is 2.60. The van der Waals surface area contributed by atoms with Gasteiger partial charge >= 0.3 is 0 Å². The second-order valence-corrected chi connectivity index (χ2v) is 5.64. The van der Waals surface area contributed by atoms with Gasteiger partial charge in [0.15, 0.2) is 0 Å². The molecule has 110 valence electrons. The first-order valence-corrected chi connectivity index (χ1v) is 7.34. The summed E-state index contributed by atoms with van der Waals surface area (Å²) in [6.45, 7) is 7.27. The van der Waals surface area contributed by atoms with Gasteiger partial charge in [-0.05, 0) is 24.6 Å². The van der Waals surface area contributed by atoms with Crippen LogP contribution in [0.3, 0.4) is 0 Å². The Morgan fingerprint density at radius 2 is 2.10 bits per heavy atom. The summed E-state index contributed by atoms with van der Waals surface area (Å²) in [4.78, 5) is 4.79. The zero-order valence-corrected chi connectivity index (χ0v) is 12.9. The van der Waals surface area contributed by atoms with E-state index in [0.29, 0.717) is 18.6 Å². The summed E-state index contributed by atoms with van der Waals surface area (Å²) in [6, 6.07) is 6.30. The number of fused-ring (bicyclic) bond motifs is 1. The molecule has 4 nitrogen and oxygen atoms in total. The zero-order valence-electron chi connectivity index (χ0n) is 12.9. The second-order valence-electron chi connectivity index (χ2n) is 5.64. The van der Waals surface area contributed by atoms with Crippen LogP contribution in [0.15, 0.2) is 18.2 Å². The third kappa shape index (κ3) is 2.80. The summed E-state index contributed by atoms with van der Waals surface area (Å²) < 4.78 is 7.75. The van der Waals surface area contributed by atoms with E-state index in [1.54, 1.807) is 7.11 Å². The molecule has 2 N–H and O–H groups in total. The number of hydrogen-bond acceptors (Lipinski definition) is 3. The van der Waals surface area contributed by atoms with Gasteiger partial charge in [-0.25, -0.2) is 4.98 Å². The molecule has 0 bridgehead atoms. The van der Waals surface area contributed by atoms with Gasteiger partial charge in [-0.15, -0.1) is 0 Å². The van der Waals surface area contributed by atoms with Crippen molar-refractivity contribution in [3.63, 3.8) is 0 Å². The normalized spacial score (nSPS) is 13.2. The number of rotatable bonds is 6. The number of benzene rings is 1. The zero-order chi connectivity index (χ0) is 14.7. The quantitative estimate of drug-likeness (QED) is 0.817. The molecule has 1 atom stereocenters. The van der Waals surface area contributed by atoms with Gasteiger partial charge in [-0.2, -0.15) is 0 Å². The predicted molar refractivity (Wildman–Crippen MR) is 84.1 cm³/mol. The van der Waals surface area contributed by atoms with E-state index in [0.717, 1.165) is 35.4 Å². The fraction of sp³-hybridized carbons (Fsp3) is 0.562. The number of anilines is 1. The highest BCUT2D eigenvalue weighted by Crippen LogP contribution is 2.29. The van der Waals surface area contributed by atoms with Crippen LogP contribution in [-0.2, 0) is 4.74 Å². The molecule has 0 radical (unpaired) electrons. The number of nitrogens with two attached hydrogens (primary N) is 1. The number of nitrogens with zero attached hydrogens (tertiary/aromatic N) is 2. The molecule has 1 heterocycles. The van der Waals surface area contributed by atoms with Crippen molar-refractivity contribution in [1.82, 2.24) is 9.55 Å². The maximum atomic E-state index is 5.88. The van der Waals surface area contributed by atoms with E-state index in [9.17, 15) is 0 Å². The van der Waals surface area contributed by atoms with Gasteiger partial charge < -0.3 is 15.0 Å². The molecule has 1 unspecified atom stereocenters. The Hall–Kier alpha value is -1.55. The summed E-state index contributed by atoms with van der Waals surface area (Å²) in [7, 11) is 1.76. The molecule has 0 aliphatic carbocycles. The SMILES string of the molecule is CCCC(COC)n1c(C(C)C)nc2cc(N)ccc21. The van der Waals surface area contributed by atoms with Crippen molar-refractivity contribution < 1.29 is 4.74 Å². The van der Waals surface area contributed by atoms with Crippen LogP contribution in [0.5, 0.6) is 0 Å². The minimum atomic E-state index is 0.330. The summed E-state index contributed by atoms with van der Waals surface area (Å²) in [5.74, 6) is 1.49. The molecule has 1 aromatic carbocycles. The summed E-state index contributed by atoms with van der Waals surface area (Å²) in [6.07, 6.45) is 2.21. The number of hydrogen-bond donors (Lipinski definition) is 1. The number of ether oxygens (including phenoxy) is 1. The summed E-state index contributed by atoms with van der Waals surface area (Å²) in [5, 5.41) is 0. The van der Waals surface area contributed by atoms with Crippen LogP contribution < -0.4 is 5.73 Å². The van der Waals surface area contributed by atoms with E-state index in [4.69, 9.17) is 15.5 Å². The molecular formula is C16H25N3O. The Kier molecular flexibility index (Phi) is 4.65. The van der Waals surface area contributed by atoms with Crippen LogP contribution in [0.4, 0.5) is 5.69 Å². The molecule has 1 aromatic heterocycles. The molecule has 20 heavy (non-hydrogen) atoms. The molecule has 2 aromatic rings. The molecule has 4 heteroatoms. The number of imidazole rings is 1. The van der Waals surface area contributed by atoms with Gasteiger partial charge in [0.2, 0.25) is 0 Å². The first-order chi connectivity index (χ1) is 9.58. The Bertz CT molecular complexity index is 568. The van der Waals surface area contributed by atoms with Crippen molar-refractivity contribution in [2.24, 2.45) is 0 Å². The number of methoxy groups -OCH3 is 1. The van der Waals surface area contributed by atoms with Crippen molar-refractivity contribution in [2.45, 2.75) is 45.6 Å². The van der Waals surface area contributed by atoms with E-state index < -0.39 is 0 Å². The lowest BCUT2D eigenvalue weighted by molar-refractivity contribution is 0.150. The minimum Gasteiger partial charge on any atom is -0.399 e. The van der Waals surface area contributed by atoms with Crippen molar-refractivity contribution in [3.05, 3.63) is 24.0 Å². The minimum absolute atomic E-state index is 0.330. The Labute approximate surface area is 120 Å². The molecule has 0 saturated heterocycles. The third-order valence-electron chi connectivity index (χ3n) is 3.60. The van der Waals surface area contributed by atoms with Crippen LogP contribution in [0.2, 0.25) is 0 Å². The van der Waals surface area contributed by atoms with Crippen LogP contribution in [0, 0.1) is 0 Å². The fourth-order valence-corrected chi connectivity index (χ4v) is 2.74. The van der Waals surface area contributed by atoms with Crippen molar-refractivity contribution in [1.29, 1.82) is 0 Å². The van der Waals surface area contributed by atoms with Gasteiger partial charge in [0.1, 0.15) is 5.82 Å². The molecular weight excluding hydrogens is 250 g/mol. The number of nitrogen functional groups attached to an aromatic ring is 1. The fourth-order valence-electron chi connectivity index (χ4n) is 2.74. The molecule has 0 aliphatic rings. The van der Waals surface area contributed by atoms with Gasteiger partial charge in [0, 0.05) is 18.7 Å². The summed E-state index contributed by atoms with van der Waals surface area (Å²) in [5.41, 5.74) is 8.77. The van der Waals surface area contributed by atoms with E-state index in [1.165, 1.54) is 0 Å². The van der Waals surface area contributed by atoms with E-state index in [2.05, 4.69) is 31.4 Å². The Morgan fingerprint density at radius 1 is 1.35 bits per heavy atom. The third-order valence-corrected chi connectivity index (χ3v) is 3.60. The first kappa shape index (κ1) is 14.9. The summed E-state index contributed by atoms with van der Waals surface area (Å²) >= 11 is 0. The van der Waals surface area contributed by atoms with Crippen molar-refractivity contribution in [2.75, 3.05) is 19.5 Å². The van der Waals surface area contributed by atoms with Gasteiger partial charge in [0.25, 0.3) is 0 Å². The monoisotopic (exact) mass is 275 g/mol. The molecule has 0 fully saturated rings. The highest BCUT2D eigenvalue weighted by Gasteiger charge is 2.20. The molecule has 2 rings (SSSR count). The molecule has 0 spiro atoms. The van der Waals surface area contributed by atoms with Crippen molar-refractivity contribution >= 4 is 16.7 Å². The first-order valence-electron chi connectivity index (χ1n) is 7.34. The molecule has 0 aliphatic heterocycles. The average Bonchev–Trinajstić information content (AvgIpc) is 2.77. The lowest BCUT2D eigenvalue weighted by atomic mass is 10.1. The van der Waals surface area contributed by atoms with E-state index >= 15 is 0 Å². The Morgan fingerprint density at radius 3 is 2.70 bits per heavy atom. The van der Waals surface area contributed by atoms with Crippen LogP contribution in [0.25, 0.3) is 11.0 Å². The van der Waals surface area contributed by atoms with Gasteiger partial charge in [-0.3, -0.25) is 0 Å².